The monoisotopic (exact) mass is 403 g/mol. The average molecular weight is 404 g/mol. The zero-order valence-corrected chi connectivity index (χ0v) is 17.6. The molecule has 0 radical (unpaired) electrons. The van der Waals surface area contributed by atoms with Crippen molar-refractivity contribution in [1.29, 1.82) is 0 Å². The van der Waals surface area contributed by atoms with E-state index in [-0.39, 0.29) is 35.7 Å². The quantitative estimate of drug-likeness (QED) is 0.760. The number of aryl methyl sites for hydroxylation is 1. The van der Waals surface area contributed by atoms with Crippen LogP contribution in [0.25, 0.3) is 0 Å². The molecule has 2 saturated heterocycles. The number of fused-ring (bicyclic) bond motifs is 4. The number of carbonyl (C=O) groups is 3. The highest BCUT2D eigenvalue weighted by atomic mass is 35.5. The van der Waals surface area contributed by atoms with E-state index in [2.05, 4.69) is 10.6 Å². The highest BCUT2D eigenvalue weighted by Gasteiger charge is 2.71. The van der Waals surface area contributed by atoms with Crippen LogP contribution in [0, 0.1) is 24.7 Å². The molecule has 3 aliphatic rings. The third kappa shape index (κ3) is 2.28. The fourth-order valence-electron chi connectivity index (χ4n) is 5.14. The molecule has 2 N–H and O–H groups in total. The Kier molecular flexibility index (Phi) is 4.36. The minimum Gasteiger partial charge on any atom is -0.323 e. The van der Waals surface area contributed by atoms with Gasteiger partial charge in [-0.25, -0.2) is 0 Å². The number of hydrogen-bond donors (Lipinski definition) is 2. The lowest BCUT2D eigenvalue weighted by Gasteiger charge is -2.32. The first kappa shape index (κ1) is 19.4. The Hall–Kier alpha value is -1.92. The Labute approximate surface area is 170 Å². The predicted octanol–water partition coefficient (Wildman–Crippen LogP) is 2.82. The molecule has 0 saturated carbocycles. The Morgan fingerprint density at radius 1 is 1.18 bits per heavy atom. The number of carbonyl (C=O) groups excluding carboxylic acids is 3. The van der Waals surface area contributed by atoms with Crippen LogP contribution in [0.5, 0.6) is 0 Å². The lowest BCUT2D eigenvalue weighted by Crippen LogP contribution is -2.54. The number of anilines is 1. The molecular formula is C21H26ClN3O3. The molecule has 7 heteroatoms. The molecule has 6 nitrogen and oxygen atoms in total. The molecule has 5 unspecified atom stereocenters. The van der Waals surface area contributed by atoms with Crippen molar-refractivity contribution >= 4 is 35.0 Å². The molecule has 1 aromatic rings. The topological polar surface area (TPSA) is 78.5 Å². The maximum Gasteiger partial charge on any atom is 0.250 e. The first-order chi connectivity index (χ1) is 13.1. The van der Waals surface area contributed by atoms with Gasteiger partial charge >= 0.3 is 0 Å². The number of nitrogens with one attached hydrogen (secondary N) is 2. The van der Waals surface area contributed by atoms with Crippen molar-refractivity contribution in [2.75, 3.05) is 5.32 Å². The summed E-state index contributed by atoms with van der Waals surface area (Å²) in [4.78, 5) is 41.5. The molecule has 1 aromatic carbocycles. The zero-order valence-electron chi connectivity index (χ0n) is 16.8. The van der Waals surface area contributed by atoms with Gasteiger partial charge in [-0.2, -0.15) is 0 Å². The number of halogens is 1. The third-order valence-corrected chi connectivity index (χ3v) is 6.94. The number of hydrogen-bond acceptors (Lipinski definition) is 4. The van der Waals surface area contributed by atoms with E-state index in [4.69, 9.17) is 11.6 Å². The van der Waals surface area contributed by atoms with E-state index in [0.717, 1.165) is 5.56 Å². The van der Waals surface area contributed by atoms with E-state index in [1.165, 1.54) is 4.90 Å². The van der Waals surface area contributed by atoms with Crippen LogP contribution in [0.1, 0.15) is 45.2 Å². The zero-order chi connectivity index (χ0) is 20.5. The number of imide groups is 1. The van der Waals surface area contributed by atoms with E-state index in [0.29, 0.717) is 22.7 Å². The van der Waals surface area contributed by atoms with E-state index in [1.807, 2.05) is 40.7 Å². The van der Waals surface area contributed by atoms with E-state index in [1.54, 1.807) is 6.07 Å². The van der Waals surface area contributed by atoms with Crippen LogP contribution >= 0.6 is 11.6 Å². The molecule has 4 rings (SSSR count). The summed E-state index contributed by atoms with van der Waals surface area (Å²) >= 11 is 6.41. The summed E-state index contributed by atoms with van der Waals surface area (Å²) in [6.45, 7) is 9.75. The average Bonchev–Trinajstić information content (AvgIpc) is 3.21. The SMILES string of the molecule is CCC(C)N1C(=O)C2C(C(C)C)NC3(C(=O)Nc4c(Cl)cc(C)cc43)C2C1=O. The maximum atomic E-state index is 13.5. The molecular weight excluding hydrogens is 378 g/mol. The van der Waals surface area contributed by atoms with Crippen LogP contribution in [-0.4, -0.2) is 34.7 Å². The third-order valence-electron chi connectivity index (χ3n) is 6.64. The second kappa shape index (κ2) is 6.29. The van der Waals surface area contributed by atoms with Crippen LogP contribution in [-0.2, 0) is 19.9 Å². The number of amides is 3. The molecule has 0 aromatic heterocycles. The van der Waals surface area contributed by atoms with Crippen molar-refractivity contribution in [1.82, 2.24) is 10.2 Å². The minimum atomic E-state index is -1.26. The van der Waals surface area contributed by atoms with Gasteiger partial charge in [-0.1, -0.05) is 38.4 Å². The molecule has 3 aliphatic heterocycles. The van der Waals surface area contributed by atoms with Crippen molar-refractivity contribution < 1.29 is 14.4 Å². The van der Waals surface area contributed by atoms with E-state index >= 15 is 0 Å². The molecule has 150 valence electrons. The first-order valence-electron chi connectivity index (χ1n) is 9.91. The van der Waals surface area contributed by atoms with Crippen molar-refractivity contribution in [3.63, 3.8) is 0 Å². The van der Waals surface area contributed by atoms with Gasteiger partial charge < -0.3 is 5.32 Å². The Balaban J connectivity index is 1.94. The Bertz CT molecular complexity index is 899. The van der Waals surface area contributed by atoms with Gasteiger partial charge in [0.15, 0.2) is 0 Å². The van der Waals surface area contributed by atoms with Crippen LogP contribution in [0.2, 0.25) is 5.02 Å². The van der Waals surface area contributed by atoms with Crippen molar-refractivity contribution in [2.45, 2.75) is 58.7 Å². The Morgan fingerprint density at radius 3 is 2.46 bits per heavy atom. The maximum absolute atomic E-state index is 13.5. The smallest absolute Gasteiger partial charge is 0.250 e. The molecule has 1 spiro atoms. The van der Waals surface area contributed by atoms with Crippen LogP contribution in [0.3, 0.4) is 0 Å². The van der Waals surface area contributed by atoms with Crippen LogP contribution in [0.4, 0.5) is 5.69 Å². The lowest BCUT2D eigenvalue weighted by atomic mass is 9.75. The minimum absolute atomic E-state index is 0.0811. The summed E-state index contributed by atoms with van der Waals surface area (Å²) in [5.41, 5.74) is 0.851. The molecule has 3 heterocycles. The summed E-state index contributed by atoms with van der Waals surface area (Å²) in [6, 6.07) is 3.22. The van der Waals surface area contributed by atoms with E-state index in [9.17, 15) is 14.4 Å². The van der Waals surface area contributed by atoms with Gasteiger partial charge in [0.1, 0.15) is 5.54 Å². The lowest BCUT2D eigenvalue weighted by molar-refractivity contribution is -0.145. The standard InChI is InChI=1S/C21H26ClN3O3/c1-6-11(5)25-18(26)14-15(19(25)27)21(24-16(14)9(2)3)12-7-10(4)8-13(22)17(12)23-20(21)28/h7-9,11,14-16,24H,6H2,1-5H3,(H,23,28). The fourth-order valence-corrected chi connectivity index (χ4v) is 5.46. The highest BCUT2D eigenvalue weighted by Crippen LogP contribution is 2.55. The van der Waals surface area contributed by atoms with E-state index < -0.39 is 17.4 Å². The highest BCUT2D eigenvalue weighted by molar-refractivity contribution is 6.35. The molecule has 3 amide bonds. The van der Waals surface area contributed by atoms with Crippen molar-refractivity contribution in [2.24, 2.45) is 17.8 Å². The molecule has 5 atom stereocenters. The summed E-state index contributed by atoms with van der Waals surface area (Å²) in [5.74, 6) is -1.98. The summed E-state index contributed by atoms with van der Waals surface area (Å²) in [7, 11) is 0. The number of nitrogens with zero attached hydrogens (tertiary/aromatic N) is 1. The normalized spacial score (nSPS) is 32.3. The van der Waals surface area contributed by atoms with Gasteiger partial charge in [-0.15, -0.1) is 0 Å². The number of benzene rings is 1. The summed E-state index contributed by atoms with van der Waals surface area (Å²) in [6.07, 6.45) is 0.678. The van der Waals surface area contributed by atoms with Gasteiger partial charge in [0.25, 0.3) is 0 Å². The molecule has 0 aliphatic carbocycles. The van der Waals surface area contributed by atoms with Crippen molar-refractivity contribution in [3.8, 4) is 0 Å². The van der Waals surface area contributed by atoms with Crippen molar-refractivity contribution in [3.05, 3.63) is 28.3 Å². The molecule has 28 heavy (non-hydrogen) atoms. The van der Waals surface area contributed by atoms with Gasteiger partial charge in [0.2, 0.25) is 17.7 Å². The van der Waals surface area contributed by atoms with Gasteiger partial charge in [-0.3, -0.25) is 24.6 Å². The number of likely N-dealkylation sites (tertiary alicyclic amines) is 1. The second-order valence-electron chi connectivity index (χ2n) is 8.65. The Morgan fingerprint density at radius 2 is 1.86 bits per heavy atom. The molecule has 2 fully saturated rings. The second-order valence-corrected chi connectivity index (χ2v) is 9.06. The number of rotatable bonds is 3. The van der Waals surface area contributed by atoms with Gasteiger partial charge in [0, 0.05) is 17.6 Å². The van der Waals surface area contributed by atoms with Gasteiger partial charge in [0.05, 0.1) is 22.5 Å². The predicted molar refractivity (Wildman–Crippen MR) is 107 cm³/mol. The molecule has 0 bridgehead atoms. The first-order valence-corrected chi connectivity index (χ1v) is 10.3. The fraction of sp³-hybridized carbons (Fsp3) is 0.571. The van der Waals surface area contributed by atoms with Gasteiger partial charge in [-0.05, 0) is 37.8 Å². The summed E-state index contributed by atoms with van der Waals surface area (Å²) < 4.78 is 0. The van der Waals surface area contributed by atoms with Crippen LogP contribution < -0.4 is 10.6 Å². The van der Waals surface area contributed by atoms with Crippen LogP contribution in [0.15, 0.2) is 12.1 Å². The summed E-state index contributed by atoms with van der Waals surface area (Å²) in [5, 5.41) is 6.75. The largest absolute Gasteiger partial charge is 0.323 e.